The van der Waals surface area contributed by atoms with Gasteiger partial charge in [-0.25, -0.2) is 9.97 Å². The lowest BCUT2D eigenvalue weighted by atomic mass is 10.1. The minimum atomic E-state index is 0.0111. The second-order valence-electron chi connectivity index (χ2n) is 5.67. The zero-order chi connectivity index (χ0) is 18.2. The Kier molecular flexibility index (Phi) is 6.09. The predicted molar refractivity (Wildman–Crippen MR) is 101 cm³/mol. The van der Waals surface area contributed by atoms with Crippen LogP contribution < -0.4 is 5.32 Å². The molecule has 3 rings (SSSR count). The SMILES string of the molecule is C#Cc1ccc2nc(Cc3cccnc3)nc(NCCOCCO)c2c1. The summed E-state index contributed by atoms with van der Waals surface area (Å²) < 4.78 is 5.29. The number of aliphatic hydroxyl groups is 1. The Hall–Kier alpha value is -3.01. The summed E-state index contributed by atoms with van der Waals surface area (Å²) in [6.45, 7) is 1.37. The van der Waals surface area contributed by atoms with E-state index in [2.05, 4.69) is 26.2 Å². The maximum absolute atomic E-state index is 8.77. The van der Waals surface area contributed by atoms with Gasteiger partial charge in [0.05, 0.1) is 25.3 Å². The maximum atomic E-state index is 8.77. The van der Waals surface area contributed by atoms with Crippen LogP contribution in [0.5, 0.6) is 0 Å². The molecule has 2 aromatic heterocycles. The minimum Gasteiger partial charge on any atom is -0.394 e. The first-order valence-corrected chi connectivity index (χ1v) is 8.39. The number of rotatable bonds is 8. The zero-order valence-electron chi connectivity index (χ0n) is 14.4. The van der Waals surface area contributed by atoms with E-state index in [-0.39, 0.29) is 6.61 Å². The van der Waals surface area contributed by atoms with E-state index in [1.807, 2.05) is 36.5 Å². The highest BCUT2D eigenvalue weighted by Gasteiger charge is 2.09. The highest BCUT2D eigenvalue weighted by molar-refractivity contribution is 5.90. The summed E-state index contributed by atoms with van der Waals surface area (Å²) in [5.74, 6) is 4.07. The van der Waals surface area contributed by atoms with Crippen molar-refractivity contribution in [2.75, 3.05) is 31.7 Å². The lowest BCUT2D eigenvalue weighted by Gasteiger charge is -2.11. The average Bonchev–Trinajstić information content (AvgIpc) is 2.68. The summed E-state index contributed by atoms with van der Waals surface area (Å²) in [7, 11) is 0. The molecule has 2 heterocycles. The number of anilines is 1. The molecular weight excluding hydrogens is 328 g/mol. The van der Waals surface area contributed by atoms with Gasteiger partial charge < -0.3 is 15.2 Å². The van der Waals surface area contributed by atoms with Crippen molar-refractivity contribution in [2.24, 2.45) is 0 Å². The highest BCUT2D eigenvalue weighted by atomic mass is 16.5. The second-order valence-corrected chi connectivity index (χ2v) is 5.67. The standard InChI is InChI=1S/C20H20N4O2/c1-2-15-5-6-18-17(12-15)20(22-8-10-26-11-9-25)24-19(23-18)13-16-4-3-7-21-14-16/h1,3-7,12,14,25H,8-11,13H2,(H,22,23,24). The van der Waals surface area contributed by atoms with Crippen LogP contribution in [0, 0.1) is 12.3 Å². The first-order valence-electron chi connectivity index (χ1n) is 8.39. The quantitative estimate of drug-likeness (QED) is 0.479. The van der Waals surface area contributed by atoms with E-state index in [0.29, 0.717) is 32.0 Å². The van der Waals surface area contributed by atoms with Crippen LogP contribution in [-0.4, -0.2) is 46.4 Å². The Bertz CT molecular complexity index is 907. The van der Waals surface area contributed by atoms with E-state index in [1.165, 1.54) is 0 Å². The molecule has 0 aliphatic rings. The van der Waals surface area contributed by atoms with Crippen LogP contribution in [0.1, 0.15) is 17.0 Å². The first-order chi connectivity index (χ1) is 12.8. The number of hydrogen-bond donors (Lipinski definition) is 2. The number of nitrogens with zero attached hydrogens (tertiary/aromatic N) is 3. The molecule has 0 bridgehead atoms. The summed E-state index contributed by atoms with van der Waals surface area (Å²) in [4.78, 5) is 13.5. The fourth-order valence-electron chi connectivity index (χ4n) is 2.57. The number of aromatic nitrogens is 3. The Morgan fingerprint density at radius 3 is 2.88 bits per heavy atom. The molecule has 0 aliphatic carbocycles. The van der Waals surface area contributed by atoms with Crippen molar-refractivity contribution in [3.8, 4) is 12.3 Å². The third kappa shape index (κ3) is 4.54. The van der Waals surface area contributed by atoms with Crippen LogP contribution >= 0.6 is 0 Å². The molecule has 1 aromatic carbocycles. The van der Waals surface area contributed by atoms with Gasteiger partial charge in [-0.15, -0.1) is 6.42 Å². The molecule has 2 N–H and O–H groups in total. The summed E-state index contributed by atoms with van der Waals surface area (Å²) >= 11 is 0. The topological polar surface area (TPSA) is 80.2 Å². The molecule has 0 amide bonds. The lowest BCUT2D eigenvalue weighted by molar-refractivity contribution is 0.0992. The maximum Gasteiger partial charge on any atom is 0.137 e. The molecule has 3 aromatic rings. The summed E-state index contributed by atoms with van der Waals surface area (Å²) in [5, 5.41) is 12.9. The molecule has 6 heteroatoms. The number of pyridine rings is 1. The van der Waals surface area contributed by atoms with Gasteiger partial charge in [0.25, 0.3) is 0 Å². The summed E-state index contributed by atoms with van der Waals surface area (Å²) in [5.41, 5.74) is 2.65. The molecule has 132 valence electrons. The van der Waals surface area contributed by atoms with Crippen LogP contribution in [0.4, 0.5) is 5.82 Å². The zero-order valence-corrected chi connectivity index (χ0v) is 14.4. The first kappa shape index (κ1) is 17.8. The van der Waals surface area contributed by atoms with Gasteiger partial charge >= 0.3 is 0 Å². The van der Waals surface area contributed by atoms with Crippen molar-refractivity contribution in [1.29, 1.82) is 0 Å². The van der Waals surface area contributed by atoms with Crippen molar-refractivity contribution in [3.05, 3.63) is 59.7 Å². The molecule has 0 radical (unpaired) electrons. The highest BCUT2D eigenvalue weighted by Crippen LogP contribution is 2.22. The summed E-state index contributed by atoms with van der Waals surface area (Å²) in [6, 6.07) is 9.58. The molecule has 0 saturated carbocycles. The van der Waals surface area contributed by atoms with Gasteiger partial charge in [0.2, 0.25) is 0 Å². The van der Waals surface area contributed by atoms with Crippen molar-refractivity contribution >= 4 is 16.7 Å². The Balaban J connectivity index is 1.88. The van der Waals surface area contributed by atoms with E-state index in [4.69, 9.17) is 16.3 Å². The number of benzene rings is 1. The summed E-state index contributed by atoms with van der Waals surface area (Å²) in [6.07, 6.45) is 9.66. The molecule has 0 aliphatic heterocycles. The number of ether oxygens (including phenoxy) is 1. The monoisotopic (exact) mass is 348 g/mol. The Labute approximate surface area is 152 Å². The third-order valence-corrected chi connectivity index (χ3v) is 3.77. The number of hydrogen-bond acceptors (Lipinski definition) is 6. The van der Waals surface area contributed by atoms with E-state index in [0.717, 1.165) is 27.8 Å². The van der Waals surface area contributed by atoms with Gasteiger partial charge in [0, 0.05) is 36.3 Å². The van der Waals surface area contributed by atoms with Crippen molar-refractivity contribution in [3.63, 3.8) is 0 Å². The molecule has 6 nitrogen and oxygen atoms in total. The van der Waals surface area contributed by atoms with Gasteiger partial charge in [0.15, 0.2) is 0 Å². The predicted octanol–water partition coefficient (Wildman–Crippen LogP) is 2.02. The van der Waals surface area contributed by atoms with Gasteiger partial charge in [-0.1, -0.05) is 12.0 Å². The van der Waals surface area contributed by atoms with Crippen LogP contribution in [0.25, 0.3) is 10.9 Å². The van der Waals surface area contributed by atoms with E-state index in [1.54, 1.807) is 6.20 Å². The normalized spacial score (nSPS) is 10.6. The number of fused-ring (bicyclic) bond motifs is 1. The van der Waals surface area contributed by atoms with Crippen molar-refractivity contribution < 1.29 is 9.84 Å². The molecule has 0 atom stereocenters. The molecule has 26 heavy (non-hydrogen) atoms. The van der Waals surface area contributed by atoms with Crippen molar-refractivity contribution in [2.45, 2.75) is 6.42 Å². The molecule has 0 fully saturated rings. The van der Waals surface area contributed by atoms with Crippen molar-refractivity contribution in [1.82, 2.24) is 15.0 Å². The third-order valence-electron chi connectivity index (χ3n) is 3.77. The van der Waals surface area contributed by atoms with E-state index >= 15 is 0 Å². The van der Waals surface area contributed by atoms with Crippen LogP contribution in [-0.2, 0) is 11.2 Å². The molecule has 0 saturated heterocycles. The van der Waals surface area contributed by atoms with Gasteiger partial charge in [-0.2, -0.15) is 0 Å². The van der Waals surface area contributed by atoms with E-state index in [9.17, 15) is 0 Å². The van der Waals surface area contributed by atoms with Gasteiger partial charge in [-0.3, -0.25) is 4.98 Å². The number of aliphatic hydroxyl groups excluding tert-OH is 1. The fraction of sp³-hybridized carbons (Fsp3) is 0.250. The van der Waals surface area contributed by atoms with Crippen LogP contribution in [0.15, 0.2) is 42.7 Å². The second kappa shape index (κ2) is 8.90. The Morgan fingerprint density at radius 2 is 2.12 bits per heavy atom. The molecule has 0 spiro atoms. The van der Waals surface area contributed by atoms with Crippen LogP contribution in [0.3, 0.4) is 0 Å². The number of terminal acetylenes is 1. The smallest absolute Gasteiger partial charge is 0.137 e. The lowest BCUT2D eigenvalue weighted by Crippen LogP contribution is -2.13. The fourth-order valence-corrected chi connectivity index (χ4v) is 2.57. The van der Waals surface area contributed by atoms with Crippen LogP contribution in [0.2, 0.25) is 0 Å². The average molecular weight is 348 g/mol. The van der Waals surface area contributed by atoms with E-state index < -0.39 is 0 Å². The molecule has 0 unspecified atom stereocenters. The van der Waals surface area contributed by atoms with Gasteiger partial charge in [0.1, 0.15) is 11.6 Å². The largest absolute Gasteiger partial charge is 0.394 e. The minimum absolute atomic E-state index is 0.0111. The molecular formula is C20H20N4O2. The number of nitrogens with one attached hydrogen (secondary N) is 1. The van der Waals surface area contributed by atoms with Gasteiger partial charge in [-0.05, 0) is 29.8 Å². The Morgan fingerprint density at radius 1 is 1.19 bits per heavy atom.